The number of aromatic nitrogens is 3. The number of imidazole rings is 1. The lowest BCUT2D eigenvalue weighted by Gasteiger charge is -2.24. The topological polar surface area (TPSA) is 84.1 Å². The van der Waals surface area contributed by atoms with Gasteiger partial charge >= 0.3 is 0 Å². The van der Waals surface area contributed by atoms with Gasteiger partial charge in [-0.1, -0.05) is 6.07 Å². The Morgan fingerprint density at radius 3 is 2.97 bits per heavy atom. The fraction of sp³-hybridized carbons (Fsp3) is 0.478. The van der Waals surface area contributed by atoms with Crippen LogP contribution in [-0.2, 0) is 25.9 Å². The number of aliphatic hydroxyl groups is 1. The van der Waals surface area contributed by atoms with Crippen molar-refractivity contribution >= 4 is 16.7 Å². The summed E-state index contributed by atoms with van der Waals surface area (Å²) in [5, 5.41) is 16.2. The van der Waals surface area contributed by atoms with Gasteiger partial charge in [-0.05, 0) is 44.9 Å². The standard InChI is InChI=1S/C23H31N5O2/c1-16-6-7-18-19(25-16)8-9-20-23(18)26-21(28(20)14-11-24-17(2)15-29)10-13-27-12-4-3-5-22(27)30/h3-5,8-9,12,16-17,24-25,29H,6-7,10-11,13-15H2,1-2H3/t16-,17+/m0/s1. The summed E-state index contributed by atoms with van der Waals surface area (Å²) < 4.78 is 3.99. The summed E-state index contributed by atoms with van der Waals surface area (Å²) >= 11 is 0. The Morgan fingerprint density at radius 1 is 1.30 bits per heavy atom. The molecule has 2 atom stereocenters. The van der Waals surface area contributed by atoms with Gasteiger partial charge in [-0.2, -0.15) is 0 Å². The van der Waals surface area contributed by atoms with Crippen LogP contribution in [0.15, 0.2) is 41.3 Å². The van der Waals surface area contributed by atoms with Gasteiger partial charge in [0.05, 0.1) is 17.6 Å². The maximum Gasteiger partial charge on any atom is 0.250 e. The lowest BCUT2D eigenvalue weighted by Crippen LogP contribution is -2.32. The van der Waals surface area contributed by atoms with E-state index in [-0.39, 0.29) is 18.2 Å². The van der Waals surface area contributed by atoms with Gasteiger partial charge < -0.3 is 24.9 Å². The monoisotopic (exact) mass is 409 g/mol. The maximum absolute atomic E-state index is 12.1. The lowest BCUT2D eigenvalue weighted by atomic mass is 9.98. The van der Waals surface area contributed by atoms with E-state index in [0.29, 0.717) is 19.0 Å². The molecule has 0 fully saturated rings. The largest absolute Gasteiger partial charge is 0.395 e. The first kappa shape index (κ1) is 20.6. The zero-order chi connectivity index (χ0) is 21.1. The van der Waals surface area contributed by atoms with Gasteiger partial charge in [0.15, 0.2) is 0 Å². The molecule has 3 heterocycles. The second kappa shape index (κ2) is 9.02. The van der Waals surface area contributed by atoms with Crippen LogP contribution in [-0.4, -0.2) is 44.5 Å². The Bertz CT molecular complexity index is 1070. The van der Waals surface area contributed by atoms with E-state index in [4.69, 9.17) is 4.98 Å². The van der Waals surface area contributed by atoms with E-state index in [1.165, 1.54) is 11.3 Å². The highest BCUT2D eigenvalue weighted by molar-refractivity contribution is 5.86. The number of nitrogens with zero attached hydrogens (tertiary/aromatic N) is 3. The first-order chi connectivity index (χ1) is 14.6. The quantitative estimate of drug-likeness (QED) is 0.531. The third-order valence-electron chi connectivity index (χ3n) is 5.91. The molecule has 0 saturated carbocycles. The molecule has 3 N–H and O–H groups in total. The van der Waals surface area contributed by atoms with Crippen molar-refractivity contribution in [2.24, 2.45) is 0 Å². The average molecular weight is 410 g/mol. The molecule has 3 aromatic rings. The van der Waals surface area contributed by atoms with Crippen LogP contribution in [0.4, 0.5) is 5.69 Å². The second-order valence-electron chi connectivity index (χ2n) is 8.24. The minimum absolute atomic E-state index is 0.00849. The molecule has 0 radical (unpaired) electrons. The molecule has 160 valence electrons. The molecule has 0 aliphatic carbocycles. The van der Waals surface area contributed by atoms with E-state index < -0.39 is 0 Å². The van der Waals surface area contributed by atoms with Crippen molar-refractivity contribution < 1.29 is 5.11 Å². The zero-order valence-corrected chi connectivity index (χ0v) is 17.8. The van der Waals surface area contributed by atoms with Crippen molar-refractivity contribution in [2.75, 3.05) is 18.5 Å². The van der Waals surface area contributed by atoms with Crippen molar-refractivity contribution in [1.29, 1.82) is 0 Å². The number of rotatable bonds is 8. The molecule has 1 aromatic carbocycles. The van der Waals surface area contributed by atoms with Crippen LogP contribution in [0.25, 0.3) is 11.0 Å². The number of aliphatic hydroxyl groups excluding tert-OH is 1. The second-order valence-corrected chi connectivity index (χ2v) is 8.24. The molecule has 1 aliphatic rings. The molecule has 30 heavy (non-hydrogen) atoms. The number of fused-ring (bicyclic) bond motifs is 3. The minimum atomic E-state index is 0.00849. The van der Waals surface area contributed by atoms with Gasteiger partial charge in [-0.25, -0.2) is 4.98 Å². The van der Waals surface area contributed by atoms with Crippen LogP contribution >= 0.6 is 0 Å². The normalized spacial score (nSPS) is 17.0. The van der Waals surface area contributed by atoms with Crippen LogP contribution in [0.2, 0.25) is 0 Å². The number of hydrogen-bond donors (Lipinski definition) is 3. The summed E-state index contributed by atoms with van der Waals surface area (Å²) in [6, 6.07) is 10.1. The van der Waals surface area contributed by atoms with Crippen LogP contribution in [0.3, 0.4) is 0 Å². The Hall–Kier alpha value is -2.64. The van der Waals surface area contributed by atoms with E-state index in [2.05, 4.69) is 34.3 Å². The van der Waals surface area contributed by atoms with Crippen LogP contribution in [0.1, 0.15) is 31.7 Å². The summed E-state index contributed by atoms with van der Waals surface area (Å²) in [5.41, 5.74) is 4.69. The maximum atomic E-state index is 12.1. The molecular formula is C23H31N5O2. The predicted octanol–water partition coefficient (Wildman–Crippen LogP) is 2.16. The fourth-order valence-corrected chi connectivity index (χ4v) is 4.18. The van der Waals surface area contributed by atoms with Gasteiger partial charge in [-0.3, -0.25) is 4.79 Å². The molecule has 0 bridgehead atoms. The van der Waals surface area contributed by atoms with Crippen molar-refractivity contribution in [3.8, 4) is 0 Å². The average Bonchev–Trinajstić information content (AvgIpc) is 3.10. The van der Waals surface area contributed by atoms with Crippen molar-refractivity contribution in [3.05, 3.63) is 58.3 Å². The SMILES string of the molecule is C[C@H](CO)NCCn1c(CCn2ccccc2=O)nc2c3c(ccc21)N[C@@H](C)CC3. The number of benzene rings is 1. The van der Waals surface area contributed by atoms with Crippen LogP contribution < -0.4 is 16.2 Å². The van der Waals surface area contributed by atoms with Crippen molar-refractivity contribution in [3.63, 3.8) is 0 Å². The summed E-state index contributed by atoms with van der Waals surface area (Å²) in [6.45, 7) is 6.41. The Balaban J connectivity index is 1.66. The molecule has 7 nitrogen and oxygen atoms in total. The molecule has 0 unspecified atom stereocenters. The highest BCUT2D eigenvalue weighted by atomic mass is 16.3. The van der Waals surface area contributed by atoms with E-state index >= 15 is 0 Å². The molecule has 4 rings (SSSR count). The van der Waals surface area contributed by atoms with Crippen LogP contribution in [0, 0.1) is 0 Å². The highest BCUT2D eigenvalue weighted by Crippen LogP contribution is 2.32. The molecule has 2 aromatic heterocycles. The summed E-state index contributed by atoms with van der Waals surface area (Å²) in [6.07, 6.45) is 4.64. The Kier molecular flexibility index (Phi) is 6.20. The first-order valence-electron chi connectivity index (χ1n) is 10.8. The van der Waals surface area contributed by atoms with Gasteiger partial charge in [0.1, 0.15) is 5.82 Å². The fourth-order valence-electron chi connectivity index (χ4n) is 4.18. The van der Waals surface area contributed by atoms with Crippen LogP contribution in [0.5, 0.6) is 0 Å². The predicted molar refractivity (Wildman–Crippen MR) is 120 cm³/mol. The minimum Gasteiger partial charge on any atom is -0.395 e. The third kappa shape index (κ3) is 4.27. The van der Waals surface area contributed by atoms with Crippen molar-refractivity contribution in [2.45, 2.75) is 58.3 Å². The number of pyridine rings is 1. The van der Waals surface area contributed by atoms with Gasteiger partial charge in [0.25, 0.3) is 5.56 Å². The molecule has 1 aliphatic heterocycles. The molecule has 0 saturated heterocycles. The smallest absolute Gasteiger partial charge is 0.250 e. The lowest BCUT2D eigenvalue weighted by molar-refractivity contribution is 0.251. The Labute approximate surface area is 176 Å². The molecule has 0 spiro atoms. The van der Waals surface area contributed by atoms with E-state index in [1.807, 2.05) is 19.2 Å². The van der Waals surface area contributed by atoms with Crippen molar-refractivity contribution in [1.82, 2.24) is 19.4 Å². The highest BCUT2D eigenvalue weighted by Gasteiger charge is 2.21. The van der Waals surface area contributed by atoms with E-state index in [1.54, 1.807) is 16.7 Å². The van der Waals surface area contributed by atoms with Gasteiger partial charge in [0, 0.05) is 61.7 Å². The molecule has 7 heteroatoms. The molecule has 0 amide bonds. The Morgan fingerprint density at radius 2 is 2.17 bits per heavy atom. The van der Waals surface area contributed by atoms with E-state index in [0.717, 1.165) is 42.8 Å². The first-order valence-corrected chi connectivity index (χ1v) is 10.8. The van der Waals surface area contributed by atoms with Gasteiger partial charge in [0.2, 0.25) is 0 Å². The zero-order valence-electron chi connectivity index (χ0n) is 17.8. The third-order valence-corrected chi connectivity index (χ3v) is 5.91. The summed E-state index contributed by atoms with van der Waals surface area (Å²) in [5.74, 6) is 0.992. The molecular weight excluding hydrogens is 378 g/mol. The van der Waals surface area contributed by atoms with E-state index in [9.17, 15) is 9.90 Å². The number of hydrogen-bond acceptors (Lipinski definition) is 5. The number of anilines is 1. The van der Waals surface area contributed by atoms with Gasteiger partial charge in [-0.15, -0.1) is 0 Å². The number of nitrogens with one attached hydrogen (secondary N) is 2. The summed E-state index contributed by atoms with van der Waals surface area (Å²) in [7, 11) is 0. The number of aryl methyl sites for hydroxylation is 3. The summed E-state index contributed by atoms with van der Waals surface area (Å²) in [4.78, 5) is 17.1.